The Balaban J connectivity index is 2.13. The molecule has 7 heteroatoms. The second-order valence-electron chi connectivity index (χ2n) is 5.30. The molecule has 0 unspecified atom stereocenters. The van der Waals surface area contributed by atoms with Gasteiger partial charge in [0.15, 0.2) is 0 Å². The van der Waals surface area contributed by atoms with Gasteiger partial charge in [-0.25, -0.2) is 13.6 Å². The molecule has 0 aliphatic heterocycles. The maximum atomic E-state index is 11.5. The first kappa shape index (κ1) is 15.5. The molecule has 114 valence electrons. The zero-order valence-electron chi connectivity index (χ0n) is 12.4. The summed E-state index contributed by atoms with van der Waals surface area (Å²) in [7, 11) is -3.70. The lowest BCUT2D eigenvalue weighted by Crippen LogP contribution is -2.14. The number of hydrogen-bond donors (Lipinski definition) is 2. The van der Waals surface area contributed by atoms with Crippen LogP contribution in [-0.4, -0.2) is 18.2 Å². The first-order valence-electron chi connectivity index (χ1n) is 6.67. The predicted octanol–water partition coefficient (Wildman–Crippen LogP) is 2.03. The average molecular weight is 308 g/mol. The molecule has 3 N–H and O–H groups in total. The Bertz CT molecular complexity index is 735. The molecule has 0 fully saturated rings. The van der Waals surface area contributed by atoms with Crippen LogP contribution in [0, 0.1) is 6.92 Å². The molecule has 0 saturated heterocycles. The number of anilines is 1. The number of benzene rings is 1. The van der Waals surface area contributed by atoms with Gasteiger partial charge >= 0.3 is 0 Å². The van der Waals surface area contributed by atoms with Crippen LogP contribution in [0.2, 0.25) is 0 Å². The van der Waals surface area contributed by atoms with Gasteiger partial charge in [0.05, 0.1) is 11.1 Å². The molecule has 0 radical (unpaired) electrons. The summed E-state index contributed by atoms with van der Waals surface area (Å²) >= 11 is 0. The highest BCUT2D eigenvalue weighted by Gasteiger charge is 2.12. The van der Waals surface area contributed by atoms with Crippen LogP contribution in [0.1, 0.15) is 31.0 Å². The van der Waals surface area contributed by atoms with Gasteiger partial charge in [0.1, 0.15) is 0 Å². The SMILES string of the molecule is Cc1ccc(NCc2cnn(C(C)C)c2)cc1S(N)(=O)=O. The van der Waals surface area contributed by atoms with Crippen LogP contribution >= 0.6 is 0 Å². The summed E-state index contributed by atoms with van der Waals surface area (Å²) < 4.78 is 24.9. The number of hydrogen-bond acceptors (Lipinski definition) is 4. The van der Waals surface area contributed by atoms with Crippen molar-refractivity contribution in [2.75, 3.05) is 5.32 Å². The smallest absolute Gasteiger partial charge is 0.238 e. The molecule has 21 heavy (non-hydrogen) atoms. The van der Waals surface area contributed by atoms with Crippen LogP contribution in [0.3, 0.4) is 0 Å². The van der Waals surface area contributed by atoms with Crippen LogP contribution in [0.4, 0.5) is 5.69 Å². The van der Waals surface area contributed by atoms with E-state index in [9.17, 15) is 8.42 Å². The molecule has 0 aliphatic carbocycles. The maximum Gasteiger partial charge on any atom is 0.238 e. The highest BCUT2D eigenvalue weighted by molar-refractivity contribution is 7.89. The van der Waals surface area contributed by atoms with Crippen molar-refractivity contribution in [3.63, 3.8) is 0 Å². The zero-order chi connectivity index (χ0) is 15.6. The Morgan fingerprint density at radius 1 is 1.38 bits per heavy atom. The summed E-state index contributed by atoms with van der Waals surface area (Å²) in [6.07, 6.45) is 3.76. The molecule has 1 aromatic carbocycles. The molecule has 1 heterocycles. The average Bonchev–Trinajstić information content (AvgIpc) is 2.85. The van der Waals surface area contributed by atoms with Crippen LogP contribution in [0.25, 0.3) is 0 Å². The lowest BCUT2D eigenvalue weighted by atomic mass is 10.2. The van der Waals surface area contributed by atoms with E-state index in [-0.39, 0.29) is 4.90 Å². The van der Waals surface area contributed by atoms with Gasteiger partial charge in [-0.3, -0.25) is 4.68 Å². The highest BCUT2D eigenvalue weighted by Crippen LogP contribution is 2.19. The van der Waals surface area contributed by atoms with E-state index in [0.717, 1.165) is 5.56 Å². The van der Waals surface area contributed by atoms with Gasteiger partial charge in [-0.15, -0.1) is 0 Å². The fourth-order valence-corrected chi connectivity index (χ4v) is 2.78. The Morgan fingerprint density at radius 3 is 2.67 bits per heavy atom. The van der Waals surface area contributed by atoms with Gasteiger partial charge in [0.25, 0.3) is 0 Å². The van der Waals surface area contributed by atoms with Crippen LogP contribution in [0.15, 0.2) is 35.5 Å². The molecule has 2 aromatic rings. The van der Waals surface area contributed by atoms with E-state index in [1.807, 2.05) is 16.9 Å². The summed E-state index contributed by atoms with van der Waals surface area (Å²) in [6, 6.07) is 5.43. The number of primary sulfonamides is 1. The number of sulfonamides is 1. The summed E-state index contributed by atoms with van der Waals surface area (Å²) in [5.74, 6) is 0. The lowest BCUT2D eigenvalue weighted by Gasteiger charge is -2.09. The normalized spacial score (nSPS) is 11.9. The van der Waals surface area contributed by atoms with Crippen molar-refractivity contribution >= 4 is 15.7 Å². The minimum atomic E-state index is -3.70. The van der Waals surface area contributed by atoms with Crippen LogP contribution in [-0.2, 0) is 16.6 Å². The molecular weight excluding hydrogens is 288 g/mol. The quantitative estimate of drug-likeness (QED) is 0.884. The first-order valence-corrected chi connectivity index (χ1v) is 8.22. The monoisotopic (exact) mass is 308 g/mol. The van der Waals surface area contributed by atoms with E-state index in [4.69, 9.17) is 5.14 Å². The molecule has 2 rings (SSSR count). The molecule has 6 nitrogen and oxygen atoms in total. The summed E-state index contributed by atoms with van der Waals surface area (Å²) in [6.45, 7) is 6.40. The molecule has 0 atom stereocenters. The van der Waals surface area contributed by atoms with Crippen molar-refractivity contribution in [2.24, 2.45) is 5.14 Å². The van der Waals surface area contributed by atoms with Crippen molar-refractivity contribution in [3.05, 3.63) is 41.7 Å². The molecule has 0 aliphatic rings. The van der Waals surface area contributed by atoms with Gasteiger partial charge in [0, 0.05) is 30.0 Å². The number of aryl methyl sites for hydroxylation is 1. The van der Waals surface area contributed by atoms with Crippen LogP contribution in [0.5, 0.6) is 0 Å². The first-order chi connectivity index (χ1) is 9.77. The topological polar surface area (TPSA) is 90.0 Å². The summed E-state index contributed by atoms with van der Waals surface area (Å²) in [4.78, 5) is 0.144. The van der Waals surface area contributed by atoms with E-state index in [1.165, 1.54) is 0 Å². The third-order valence-corrected chi connectivity index (χ3v) is 4.23. The zero-order valence-corrected chi connectivity index (χ0v) is 13.2. The number of nitrogens with two attached hydrogens (primary N) is 1. The second-order valence-corrected chi connectivity index (χ2v) is 6.83. The van der Waals surface area contributed by atoms with Crippen molar-refractivity contribution in [1.82, 2.24) is 9.78 Å². The third-order valence-electron chi connectivity index (χ3n) is 3.18. The molecule has 0 saturated carbocycles. The lowest BCUT2D eigenvalue weighted by molar-refractivity contribution is 0.532. The molecule has 0 amide bonds. The van der Waals surface area contributed by atoms with E-state index >= 15 is 0 Å². The third kappa shape index (κ3) is 3.83. The van der Waals surface area contributed by atoms with Crippen molar-refractivity contribution < 1.29 is 8.42 Å². The van der Waals surface area contributed by atoms with Crippen LogP contribution < -0.4 is 10.5 Å². The maximum absolute atomic E-state index is 11.5. The standard InChI is InChI=1S/C14H20N4O2S/c1-10(2)18-9-12(8-17-18)7-16-13-5-4-11(3)14(6-13)21(15,19)20/h4-6,8-10,16H,7H2,1-3H3,(H2,15,19,20). The Morgan fingerprint density at radius 2 is 2.10 bits per heavy atom. The van der Waals surface area contributed by atoms with Gasteiger partial charge in [-0.1, -0.05) is 6.07 Å². The highest BCUT2D eigenvalue weighted by atomic mass is 32.2. The van der Waals surface area contributed by atoms with E-state index in [0.29, 0.717) is 23.8 Å². The van der Waals surface area contributed by atoms with Gasteiger partial charge < -0.3 is 5.32 Å². The molecule has 0 spiro atoms. The van der Waals surface area contributed by atoms with Crippen molar-refractivity contribution in [3.8, 4) is 0 Å². The van der Waals surface area contributed by atoms with Gasteiger partial charge in [-0.2, -0.15) is 5.10 Å². The minimum Gasteiger partial charge on any atom is -0.381 e. The number of nitrogens with one attached hydrogen (secondary N) is 1. The fraction of sp³-hybridized carbons (Fsp3) is 0.357. The van der Waals surface area contributed by atoms with Gasteiger partial charge in [-0.05, 0) is 38.5 Å². The van der Waals surface area contributed by atoms with E-state index in [1.54, 1.807) is 25.3 Å². The Labute approximate surface area is 125 Å². The van der Waals surface area contributed by atoms with Crippen molar-refractivity contribution in [1.29, 1.82) is 0 Å². The predicted molar refractivity (Wildman–Crippen MR) is 82.5 cm³/mol. The summed E-state index contributed by atoms with van der Waals surface area (Å²) in [5, 5.41) is 12.6. The summed E-state index contributed by atoms with van der Waals surface area (Å²) in [5.41, 5.74) is 2.37. The second kappa shape index (κ2) is 5.87. The Hall–Kier alpha value is -1.86. The molecular formula is C14H20N4O2S. The molecule has 1 aromatic heterocycles. The number of nitrogens with zero attached hydrogens (tertiary/aromatic N) is 2. The number of rotatable bonds is 5. The minimum absolute atomic E-state index is 0.144. The largest absolute Gasteiger partial charge is 0.381 e. The fourth-order valence-electron chi connectivity index (χ4n) is 1.97. The van der Waals surface area contributed by atoms with E-state index in [2.05, 4.69) is 24.3 Å². The van der Waals surface area contributed by atoms with E-state index < -0.39 is 10.0 Å². The van der Waals surface area contributed by atoms with Gasteiger partial charge in [0.2, 0.25) is 10.0 Å². The van der Waals surface area contributed by atoms with Crippen molar-refractivity contribution in [2.45, 2.75) is 38.3 Å². The molecule has 0 bridgehead atoms. The Kier molecular flexibility index (Phi) is 4.34. The number of aromatic nitrogens is 2.